The van der Waals surface area contributed by atoms with Crippen LogP contribution in [-0.2, 0) is 26.2 Å². The summed E-state index contributed by atoms with van der Waals surface area (Å²) in [5.74, 6) is -0.0285. The second-order valence-electron chi connectivity index (χ2n) is 9.39. The molecule has 202 valence electrons. The molecule has 0 heterocycles. The largest absolute Gasteiger partial charge is 0.497 e. The quantitative estimate of drug-likeness (QED) is 0.414. The predicted octanol–water partition coefficient (Wildman–Crippen LogP) is 4.48. The number of methoxy groups -OCH3 is 1. The first kappa shape index (κ1) is 29.0. The molecule has 0 saturated heterocycles. The number of benzene rings is 2. The zero-order valence-electron chi connectivity index (χ0n) is 21.7. The highest BCUT2D eigenvalue weighted by molar-refractivity contribution is 9.10. The van der Waals surface area contributed by atoms with Gasteiger partial charge in [0.05, 0.1) is 19.1 Å². The van der Waals surface area contributed by atoms with E-state index in [9.17, 15) is 18.0 Å². The Morgan fingerprint density at radius 1 is 1.11 bits per heavy atom. The highest BCUT2D eigenvalue weighted by Crippen LogP contribution is 2.23. The van der Waals surface area contributed by atoms with Crippen molar-refractivity contribution in [3.05, 3.63) is 58.6 Å². The van der Waals surface area contributed by atoms with Crippen LogP contribution >= 0.6 is 15.9 Å². The smallest absolute Gasteiger partial charge is 0.244 e. The first-order valence-electron chi connectivity index (χ1n) is 12.6. The Labute approximate surface area is 228 Å². The van der Waals surface area contributed by atoms with E-state index in [4.69, 9.17) is 4.74 Å². The van der Waals surface area contributed by atoms with Crippen molar-refractivity contribution in [1.29, 1.82) is 0 Å². The minimum Gasteiger partial charge on any atom is -0.497 e. The lowest BCUT2D eigenvalue weighted by atomic mass is 9.95. The number of halogens is 1. The number of carbonyl (C=O) groups is 2. The van der Waals surface area contributed by atoms with E-state index in [0.29, 0.717) is 17.9 Å². The second-order valence-corrected chi connectivity index (χ2v) is 12.2. The van der Waals surface area contributed by atoms with Gasteiger partial charge in [0.25, 0.3) is 0 Å². The third kappa shape index (κ3) is 8.20. The van der Waals surface area contributed by atoms with Crippen LogP contribution in [0.2, 0.25) is 0 Å². The molecule has 3 rings (SSSR count). The summed E-state index contributed by atoms with van der Waals surface area (Å²) in [7, 11) is -2.20. The minimum atomic E-state index is -3.77. The molecule has 0 spiro atoms. The van der Waals surface area contributed by atoms with Crippen LogP contribution in [0.1, 0.15) is 51.0 Å². The molecule has 2 aromatic carbocycles. The average Bonchev–Trinajstić information content (AvgIpc) is 2.87. The lowest BCUT2D eigenvalue weighted by molar-refractivity contribution is -0.140. The number of hydrogen-bond acceptors (Lipinski definition) is 5. The van der Waals surface area contributed by atoms with Gasteiger partial charge in [-0.05, 0) is 61.2 Å². The molecule has 1 N–H and O–H groups in total. The standard InChI is InChI=1S/C27H36BrN3O5S/c1-4-25(27(33)29-22-10-6-5-7-11-22)30(18-20-9-8-12-24(17-20)36-2)26(32)19-31(37(3,34)35)23-15-13-21(28)14-16-23/h8-9,12-17,22,25H,4-7,10-11,18-19H2,1-3H3,(H,29,33). The maximum Gasteiger partial charge on any atom is 0.244 e. The van der Waals surface area contributed by atoms with Gasteiger partial charge in [0, 0.05) is 17.1 Å². The fourth-order valence-corrected chi connectivity index (χ4v) is 5.77. The van der Waals surface area contributed by atoms with E-state index in [1.54, 1.807) is 31.4 Å². The Morgan fingerprint density at radius 2 is 1.78 bits per heavy atom. The van der Waals surface area contributed by atoms with Gasteiger partial charge in [-0.1, -0.05) is 54.2 Å². The number of nitrogens with zero attached hydrogens (tertiary/aromatic N) is 2. The molecule has 1 aliphatic carbocycles. The van der Waals surface area contributed by atoms with Crippen molar-refractivity contribution in [3.63, 3.8) is 0 Å². The molecule has 1 saturated carbocycles. The van der Waals surface area contributed by atoms with Crippen molar-refractivity contribution in [2.45, 2.75) is 64.1 Å². The third-order valence-corrected chi connectivity index (χ3v) is 8.29. The molecule has 0 aliphatic heterocycles. The van der Waals surface area contributed by atoms with Gasteiger partial charge in [0.1, 0.15) is 18.3 Å². The molecular formula is C27H36BrN3O5S. The summed E-state index contributed by atoms with van der Waals surface area (Å²) in [6.07, 6.45) is 6.64. The van der Waals surface area contributed by atoms with Crippen LogP contribution < -0.4 is 14.4 Å². The van der Waals surface area contributed by atoms with Gasteiger partial charge >= 0.3 is 0 Å². The molecule has 0 radical (unpaired) electrons. The van der Waals surface area contributed by atoms with Crippen molar-refractivity contribution >= 4 is 43.5 Å². The monoisotopic (exact) mass is 593 g/mol. The van der Waals surface area contributed by atoms with E-state index < -0.39 is 28.5 Å². The van der Waals surface area contributed by atoms with E-state index in [1.807, 2.05) is 31.2 Å². The summed E-state index contributed by atoms with van der Waals surface area (Å²) >= 11 is 3.36. The topological polar surface area (TPSA) is 96.0 Å². The second kappa shape index (κ2) is 13.3. The molecule has 1 atom stereocenters. The van der Waals surface area contributed by atoms with Crippen LogP contribution in [-0.4, -0.2) is 57.1 Å². The van der Waals surface area contributed by atoms with Gasteiger partial charge in [-0.3, -0.25) is 13.9 Å². The van der Waals surface area contributed by atoms with Gasteiger partial charge in [0.2, 0.25) is 21.8 Å². The maximum atomic E-state index is 13.8. The number of nitrogens with one attached hydrogen (secondary N) is 1. The zero-order chi connectivity index (χ0) is 27.0. The average molecular weight is 595 g/mol. The Balaban J connectivity index is 1.92. The maximum absolute atomic E-state index is 13.8. The fraction of sp³-hybridized carbons (Fsp3) is 0.481. The van der Waals surface area contributed by atoms with E-state index >= 15 is 0 Å². The van der Waals surface area contributed by atoms with Crippen molar-refractivity contribution in [3.8, 4) is 5.75 Å². The summed E-state index contributed by atoms with van der Waals surface area (Å²) in [5, 5.41) is 3.14. The van der Waals surface area contributed by atoms with Gasteiger partial charge in [-0.15, -0.1) is 0 Å². The van der Waals surface area contributed by atoms with Crippen molar-refractivity contribution < 1.29 is 22.7 Å². The first-order valence-corrected chi connectivity index (χ1v) is 15.2. The molecule has 1 fully saturated rings. The Kier molecular flexibility index (Phi) is 10.4. The normalized spacial score (nSPS) is 15.0. The molecule has 8 nitrogen and oxygen atoms in total. The molecule has 2 amide bonds. The number of carbonyl (C=O) groups excluding carboxylic acids is 2. The predicted molar refractivity (Wildman–Crippen MR) is 149 cm³/mol. The molecule has 2 aromatic rings. The van der Waals surface area contributed by atoms with E-state index in [1.165, 1.54) is 11.3 Å². The highest BCUT2D eigenvalue weighted by atomic mass is 79.9. The van der Waals surface area contributed by atoms with Crippen molar-refractivity contribution in [1.82, 2.24) is 10.2 Å². The fourth-order valence-electron chi connectivity index (χ4n) is 4.65. The molecule has 1 aliphatic rings. The minimum absolute atomic E-state index is 0.0966. The molecule has 10 heteroatoms. The first-order chi connectivity index (χ1) is 17.6. The Bertz CT molecular complexity index is 1170. The van der Waals surface area contributed by atoms with Crippen LogP contribution in [0.25, 0.3) is 0 Å². The molecule has 0 bridgehead atoms. The number of rotatable bonds is 11. The van der Waals surface area contributed by atoms with Gasteiger partial charge < -0.3 is 15.0 Å². The van der Waals surface area contributed by atoms with Crippen LogP contribution in [0.4, 0.5) is 5.69 Å². The lowest BCUT2D eigenvalue weighted by Crippen LogP contribution is -2.53. The van der Waals surface area contributed by atoms with Crippen LogP contribution in [0.5, 0.6) is 5.75 Å². The summed E-state index contributed by atoms with van der Waals surface area (Å²) in [6.45, 7) is 1.59. The molecule has 1 unspecified atom stereocenters. The van der Waals surface area contributed by atoms with Crippen LogP contribution in [0, 0.1) is 0 Å². The van der Waals surface area contributed by atoms with E-state index in [2.05, 4.69) is 21.2 Å². The van der Waals surface area contributed by atoms with Gasteiger partial charge in [-0.25, -0.2) is 8.42 Å². The number of anilines is 1. The number of sulfonamides is 1. The van der Waals surface area contributed by atoms with E-state index in [0.717, 1.165) is 46.3 Å². The number of amides is 2. The van der Waals surface area contributed by atoms with Crippen LogP contribution in [0.3, 0.4) is 0 Å². The van der Waals surface area contributed by atoms with Crippen molar-refractivity contribution in [2.24, 2.45) is 0 Å². The SMILES string of the molecule is CCC(C(=O)NC1CCCCC1)N(Cc1cccc(OC)c1)C(=O)CN(c1ccc(Br)cc1)S(C)(=O)=O. The molecular weight excluding hydrogens is 558 g/mol. The Morgan fingerprint density at radius 3 is 2.38 bits per heavy atom. The van der Waals surface area contributed by atoms with E-state index in [-0.39, 0.29) is 18.5 Å². The van der Waals surface area contributed by atoms with Crippen molar-refractivity contribution in [2.75, 3.05) is 24.2 Å². The summed E-state index contributed by atoms with van der Waals surface area (Å²) in [5.41, 5.74) is 1.16. The van der Waals surface area contributed by atoms with Gasteiger partial charge in [-0.2, -0.15) is 0 Å². The summed E-state index contributed by atoms with van der Waals surface area (Å²) < 4.78 is 32.6. The zero-order valence-corrected chi connectivity index (χ0v) is 24.1. The third-order valence-electron chi connectivity index (χ3n) is 6.62. The highest BCUT2D eigenvalue weighted by Gasteiger charge is 2.32. The number of hydrogen-bond donors (Lipinski definition) is 1. The number of ether oxygens (including phenoxy) is 1. The molecule has 0 aromatic heterocycles. The van der Waals surface area contributed by atoms with Gasteiger partial charge in [0.15, 0.2) is 0 Å². The Hall–Kier alpha value is -2.59. The summed E-state index contributed by atoms with van der Waals surface area (Å²) in [4.78, 5) is 28.7. The summed E-state index contributed by atoms with van der Waals surface area (Å²) in [6, 6.07) is 13.4. The van der Waals surface area contributed by atoms with Crippen LogP contribution in [0.15, 0.2) is 53.0 Å². The molecule has 37 heavy (non-hydrogen) atoms. The lowest BCUT2D eigenvalue weighted by Gasteiger charge is -2.34.